The number of ether oxygens (including phenoxy) is 6. The van der Waals surface area contributed by atoms with Crippen LogP contribution in [0.5, 0.6) is 0 Å². The largest absolute Gasteiger partial charge is 0.438 e. The molecule has 3 heterocycles. The molecule has 164 valence electrons. The topological polar surface area (TPSA) is 131 Å². The van der Waals surface area contributed by atoms with Crippen molar-refractivity contribution in [2.75, 3.05) is 13.2 Å². The fourth-order valence-corrected chi connectivity index (χ4v) is 4.20. The Balaban J connectivity index is 1.86. The van der Waals surface area contributed by atoms with Gasteiger partial charge in [-0.2, -0.15) is 0 Å². The van der Waals surface area contributed by atoms with Crippen LogP contribution in [-0.2, 0) is 28.4 Å². The third-order valence-corrected chi connectivity index (χ3v) is 5.40. The number of benzene rings is 1. The summed E-state index contributed by atoms with van der Waals surface area (Å²) in [6.45, 7) is 6.71. The number of rotatable bonds is 3. The number of oxime groups is 1. The van der Waals surface area contributed by atoms with E-state index in [0.29, 0.717) is 0 Å². The van der Waals surface area contributed by atoms with Crippen LogP contribution in [-0.4, -0.2) is 65.4 Å². The first-order valence-electron chi connectivity index (χ1n) is 9.64. The molecule has 0 amide bonds. The Morgan fingerprint density at radius 1 is 1.13 bits per heavy atom. The molecule has 0 radical (unpaired) electrons. The van der Waals surface area contributed by atoms with Crippen LogP contribution in [0, 0.1) is 0 Å². The van der Waals surface area contributed by atoms with Gasteiger partial charge in [0, 0.05) is 0 Å². The molecular formula is C20H26N2O8. The summed E-state index contributed by atoms with van der Waals surface area (Å²) in [6, 6.07) is 8.33. The summed E-state index contributed by atoms with van der Waals surface area (Å²) >= 11 is 0. The van der Waals surface area contributed by atoms with Crippen LogP contribution in [0.15, 0.2) is 35.5 Å². The van der Waals surface area contributed by atoms with Gasteiger partial charge in [0.15, 0.2) is 17.4 Å². The standard InChI is InChI=1S/C20H26N2O8/c1-17(2)26-11-19(30-17)20(16(21)22-24,29-15(23)12-8-6-5-7-9-12)14-13(10-25-19)27-18(3,4)28-14/h5-9,13-14,24H,10-11H2,1-4H3,(H2,21,22)/t13-,14-,19+,20+/m1/s1. The molecule has 1 aromatic carbocycles. The summed E-state index contributed by atoms with van der Waals surface area (Å²) in [7, 11) is 0. The smallest absolute Gasteiger partial charge is 0.339 e. The molecule has 3 aliphatic heterocycles. The van der Waals surface area contributed by atoms with Crippen molar-refractivity contribution in [1.29, 1.82) is 0 Å². The van der Waals surface area contributed by atoms with E-state index in [1.54, 1.807) is 58.0 Å². The van der Waals surface area contributed by atoms with E-state index in [1.165, 1.54) is 0 Å². The van der Waals surface area contributed by atoms with Crippen LogP contribution >= 0.6 is 0 Å². The Morgan fingerprint density at radius 2 is 1.83 bits per heavy atom. The van der Waals surface area contributed by atoms with Crippen LogP contribution in [0.3, 0.4) is 0 Å². The lowest BCUT2D eigenvalue weighted by molar-refractivity contribution is -0.344. The van der Waals surface area contributed by atoms with Crippen LogP contribution in [0.4, 0.5) is 0 Å². The van der Waals surface area contributed by atoms with Gasteiger partial charge in [-0.1, -0.05) is 23.4 Å². The van der Waals surface area contributed by atoms with Gasteiger partial charge < -0.3 is 39.4 Å². The summed E-state index contributed by atoms with van der Waals surface area (Å²) in [5, 5.41) is 12.9. The predicted octanol–water partition coefficient (Wildman–Crippen LogP) is 1.36. The fourth-order valence-electron chi connectivity index (χ4n) is 4.20. The summed E-state index contributed by atoms with van der Waals surface area (Å²) in [5.41, 5.74) is 4.44. The lowest BCUT2D eigenvalue weighted by Crippen LogP contribution is -2.77. The molecule has 3 fully saturated rings. The van der Waals surface area contributed by atoms with Crippen molar-refractivity contribution in [2.24, 2.45) is 10.9 Å². The second-order valence-corrected chi connectivity index (χ2v) is 8.43. The highest BCUT2D eigenvalue weighted by Gasteiger charge is 2.76. The molecule has 0 saturated carbocycles. The molecule has 4 rings (SSSR count). The Kier molecular flexibility index (Phi) is 4.83. The zero-order chi connectivity index (χ0) is 21.8. The first-order chi connectivity index (χ1) is 14.0. The number of nitrogens with two attached hydrogens (primary N) is 1. The molecule has 0 bridgehead atoms. The first kappa shape index (κ1) is 21.0. The van der Waals surface area contributed by atoms with E-state index in [4.69, 9.17) is 34.2 Å². The molecule has 3 aliphatic rings. The van der Waals surface area contributed by atoms with E-state index in [0.717, 1.165) is 0 Å². The quantitative estimate of drug-likeness (QED) is 0.244. The van der Waals surface area contributed by atoms with Gasteiger partial charge >= 0.3 is 5.97 Å². The van der Waals surface area contributed by atoms with Gasteiger partial charge in [0.2, 0.25) is 5.79 Å². The third kappa shape index (κ3) is 3.15. The molecule has 1 aromatic rings. The normalized spacial score (nSPS) is 37.1. The molecular weight excluding hydrogens is 396 g/mol. The van der Waals surface area contributed by atoms with Crippen molar-refractivity contribution >= 4 is 11.8 Å². The van der Waals surface area contributed by atoms with Gasteiger partial charge in [-0.25, -0.2) is 4.79 Å². The zero-order valence-electron chi connectivity index (χ0n) is 17.3. The number of hydrogen-bond donors (Lipinski definition) is 2. The molecule has 3 N–H and O–H groups in total. The molecule has 4 atom stereocenters. The monoisotopic (exact) mass is 422 g/mol. The van der Waals surface area contributed by atoms with Crippen molar-refractivity contribution < 1.29 is 38.4 Å². The van der Waals surface area contributed by atoms with Crippen molar-refractivity contribution in [3.05, 3.63) is 35.9 Å². The molecule has 3 saturated heterocycles. The van der Waals surface area contributed by atoms with Gasteiger partial charge in [-0.3, -0.25) is 0 Å². The van der Waals surface area contributed by atoms with E-state index >= 15 is 0 Å². The van der Waals surface area contributed by atoms with E-state index in [-0.39, 0.29) is 18.8 Å². The van der Waals surface area contributed by atoms with Gasteiger partial charge in [0.1, 0.15) is 18.8 Å². The summed E-state index contributed by atoms with van der Waals surface area (Å²) in [6.07, 6.45) is -1.65. The van der Waals surface area contributed by atoms with Crippen molar-refractivity contribution in [3.63, 3.8) is 0 Å². The maximum absolute atomic E-state index is 13.1. The van der Waals surface area contributed by atoms with Gasteiger partial charge in [-0.15, -0.1) is 0 Å². The minimum atomic E-state index is -1.99. The molecule has 30 heavy (non-hydrogen) atoms. The zero-order valence-corrected chi connectivity index (χ0v) is 17.3. The highest BCUT2D eigenvalue weighted by molar-refractivity contribution is 5.97. The summed E-state index contributed by atoms with van der Waals surface area (Å²) in [5.74, 6) is -5.01. The van der Waals surface area contributed by atoms with Crippen molar-refractivity contribution in [1.82, 2.24) is 0 Å². The number of amidine groups is 1. The minimum absolute atomic E-state index is 0.0664. The molecule has 0 aromatic heterocycles. The predicted molar refractivity (Wildman–Crippen MR) is 102 cm³/mol. The third-order valence-electron chi connectivity index (χ3n) is 5.40. The minimum Gasteiger partial charge on any atom is -0.438 e. The Labute approximate surface area is 173 Å². The van der Waals surface area contributed by atoms with E-state index in [1.807, 2.05) is 0 Å². The van der Waals surface area contributed by atoms with Gasteiger partial charge in [0.25, 0.3) is 5.60 Å². The van der Waals surface area contributed by atoms with E-state index in [9.17, 15) is 10.0 Å². The average Bonchev–Trinajstić information content (AvgIpc) is 3.20. The molecule has 10 nitrogen and oxygen atoms in total. The van der Waals surface area contributed by atoms with Crippen molar-refractivity contribution in [2.45, 2.75) is 62.9 Å². The summed E-state index contributed by atoms with van der Waals surface area (Å²) in [4.78, 5) is 13.1. The van der Waals surface area contributed by atoms with E-state index < -0.39 is 47.0 Å². The number of nitrogens with zero attached hydrogens (tertiary/aromatic N) is 1. The summed E-state index contributed by atoms with van der Waals surface area (Å²) < 4.78 is 35.9. The Morgan fingerprint density at radius 3 is 2.43 bits per heavy atom. The van der Waals surface area contributed by atoms with Crippen LogP contribution in [0.2, 0.25) is 0 Å². The maximum atomic E-state index is 13.1. The first-order valence-corrected chi connectivity index (χ1v) is 9.64. The maximum Gasteiger partial charge on any atom is 0.339 e. The van der Waals surface area contributed by atoms with Crippen LogP contribution < -0.4 is 5.73 Å². The fraction of sp³-hybridized carbons (Fsp3) is 0.600. The number of fused-ring (bicyclic) bond motifs is 1. The molecule has 10 heteroatoms. The Bertz CT molecular complexity index is 856. The average molecular weight is 422 g/mol. The second kappa shape index (κ2) is 6.89. The highest BCUT2D eigenvalue weighted by atomic mass is 16.9. The highest BCUT2D eigenvalue weighted by Crippen LogP contribution is 2.51. The lowest BCUT2D eigenvalue weighted by atomic mass is 9.80. The molecule has 1 spiro atoms. The van der Waals surface area contributed by atoms with Crippen molar-refractivity contribution in [3.8, 4) is 0 Å². The number of esters is 1. The number of carbonyl (C=O) groups excluding carboxylic acids is 1. The molecule has 0 aliphatic carbocycles. The van der Waals surface area contributed by atoms with Crippen LogP contribution in [0.25, 0.3) is 0 Å². The van der Waals surface area contributed by atoms with Crippen LogP contribution in [0.1, 0.15) is 38.1 Å². The second-order valence-electron chi connectivity index (χ2n) is 8.43. The number of carbonyl (C=O) groups is 1. The Hall–Kier alpha value is -2.24. The SMILES string of the molecule is CC1(C)O[C@@H]2[C@@H](CO[C@]3(COC(C)(C)O3)[C@@]2(OC(=O)c2ccccc2)C(N)=NO)O1. The number of hydrogen-bond acceptors (Lipinski definition) is 9. The molecule has 0 unspecified atom stereocenters. The van der Waals surface area contributed by atoms with E-state index in [2.05, 4.69) is 5.16 Å². The van der Waals surface area contributed by atoms with Gasteiger partial charge in [0.05, 0.1) is 12.2 Å². The van der Waals surface area contributed by atoms with Gasteiger partial charge in [-0.05, 0) is 39.8 Å². The lowest BCUT2D eigenvalue weighted by Gasteiger charge is -2.51.